The summed E-state index contributed by atoms with van der Waals surface area (Å²) in [4.78, 5) is 27.4. The Kier molecular flexibility index (Phi) is 5.71. The molecule has 1 aliphatic carbocycles. The molecule has 33 heavy (non-hydrogen) atoms. The Labute approximate surface area is 193 Å². The SMILES string of the molecule is O=C(Nc1cccc(F)c1)C1CC12CCN(C(=O)Cc1ccc(-c3ccccc3)cc1)CC2. The minimum atomic E-state index is -0.361. The first-order valence-electron chi connectivity index (χ1n) is 11.5. The molecule has 5 rings (SSSR count). The summed E-state index contributed by atoms with van der Waals surface area (Å²) in [6.07, 6.45) is 2.92. The molecule has 168 valence electrons. The topological polar surface area (TPSA) is 49.4 Å². The molecule has 1 saturated heterocycles. The molecule has 1 N–H and O–H groups in total. The van der Waals surface area contributed by atoms with Gasteiger partial charge >= 0.3 is 0 Å². The van der Waals surface area contributed by atoms with E-state index in [0.717, 1.165) is 36.0 Å². The molecule has 1 atom stereocenters. The molecule has 3 aromatic rings. The van der Waals surface area contributed by atoms with Crippen molar-refractivity contribution in [2.45, 2.75) is 25.7 Å². The molecular weight excluding hydrogens is 415 g/mol. The van der Waals surface area contributed by atoms with Gasteiger partial charge in [-0.1, -0.05) is 60.7 Å². The predicted molar refractivity (Wildman–Crippen MR) is 127 cm³/mol. The normalized spacial score (nSPS) is 18.7. The number of halogens is 1. The minimum absolute atomic E-state index is 0.00841. The summed E-state index contributed by atoms with van der Waals surface area (Å²) >= 11 is 0. The number of carbonyl (C=O) groups excluding carboxylic acids is 2. The van der Waals surface area contributed by atoms with Crippen molar-refractivity contribution in [3.63, 3.8) is 0 Å². The predicted octanol–water partition coefficient (Wildman–Crippen LogP) is 5.30. The summed E-state index contributed by atoms with van der Waals surface area (Å²) in [5.41, 5.74) is 3.80. The number of piperidine rings is 1. The van der Waals surface area contributed by atoms with Crippen LogP contribution < -0.4 is 5.32 Å². The average Bonchev–Trinajstić information content (AvgIpc) is 3.54. The molecule has 1 unspecified atom stereocenters. The molecule has 1 aliphatic heterocycles. The number of anilines is 1. The van der Waals surface area contributed by atoms with Crippen molar-refractivity contribution in [2.75, 3.05) is 18.4 Å². The average molecular weight is 443 g/mol. The second-order valence-electron chi connectivity index (χ2n) is 9.24. The summed E-state index contributed by atoms with van der Waals surface area (Å²) in [7, 11) is 0. The summed E-state index contributed by atoms with van der Waals surface area (Å²) in [6.45, 7) is 1.37. The molecule has 3 aromatic carbocycles. The second kappa shape index (κ2) is 8.81. The fraction of sp³-hybridized carbons (Fsp3) is 0.286. The van der Waals surface area contributed by atoms with Crippen molar-refractivity contribution >= 4 is 17.5 Å². The summed E-state index contributed by atoms with van der Waals surface area (Å²) in [5.74, 6) is -0.319. The van der Waals surface area contributed by atoms with E-state index in [1.54, 1.807) is 12.1 Å². The highest BCUT2D eigenvalue weighted by Crippen LogP contribution is 2.59. The lowest BCUT2D eigenvalue weighted by atomic mass is 9.90. The van der Waals surface area contributed by atoms with Crippen LogP contribution in [0, 0.1) is 17.2 Å². The minimum Gasteiger partial charge on any atom is -0.342 e. The van der Waals surface area contributed by atoms with Crippen LogP contribution in [0.4, 0.5) is 10.1 Å². The van der Waals surface area contributed by atoms with Crippen LogP contribution in [0.25, 0.3) is 11.1 Å². The molecule has 1 heterocycles. The largest absolute Gasteiger partial charge is 0.342 e. The van der Waals surface area contributed by atoms with Crippen LogP contribution in [0.2, 0.25) is 0 Å². The lowest BCUT2D eigenvalue weighted by Crippen LogP contribution is -2.41. The Morgan fingerprint density at radius 3 is 2.30 bits per heavy atom. The first-order chi connectivity index (χ1) is 16.0. The van der Waals surface area contributed by atoms with Crippen molar-refractivity contribution < 1.29 is 14.0 Å². The number of likely N-dealkylation sites (tertiary alicyclic amines) is 1. The quantitative estimate of drug-likeness (QED) is 0.583. The maximum atomic E-state index is 13.4. The van der Waals surface area contributed by atoms with Crippen LogP contribution in [0.15, 0.2) is 78.9 Å². The van der Waals surface area contributed by atoms with E-state index >= 15 is 0 Å². The standard InChI is InChI=1S/C28H27FN2O2/c29-23-7-4-8-24(18-23)30-27(33)25-19-28(25)13-15-31(16-14-28)26(32)17-20-9-11-22(12-10-20)21-5-2-1-3-6-21/h1-12,18,25H,13-17,19H2,(H,30,33). The lowest BCUT2D eigenvalue weighted by Gasteiger charge is -2.33. The van der Waals surface area contributed by atoms with Crippen LogP contribution in [-0.4, -0.2) is 29.8 Å². The number of rotatable bonds is 5. The Bertz CT molecular complexity index is 1150. The Morgan fingerprint density at radius 1 is 0.909 bits per heavy atom. The zero-order valence-corrected chi connectivity index (χ0v) is 18.5. The van der Waals surface area contributed by atoms with Crippen molar-refractivity contribution in [2.24, 2.45) is 11.3 Å². The van der Waals surface area contributed by atoms with E-state index in [-0.39, 0.29) is 29.0 Å². The second-order valence-corrected chi connectivity index (χ2v) is 9.24. The van der Waals surface area contributed by atoms with E-state index in [4.69, 9.17) is 0 Å². The van der Waals surface area contributed by atoms with Gasteiger partial charge in [0.1, 0.15) is 5.82 Å². The number of amides is 2. The van der Waals surface area contributed by atoms with Gasteiger partial charge < -0.3 is 10.2 Å². The molecule has 0 radical (unpaired) electrons. The zero-order valence-electron chi connectivity index (χ0n) is 18.5. The molecule has 0 bridgehead atoms. The van der Waals surface area contributed by atoms with E-state index in [2.05, 4.69) is 29.6 Å². The molecule has 2 amide bonds. The van der Waals surface area contributed by atoms with Gasteiger partial charge in [0, 0.05) is 24.7 Å². The van der Waals surface area contributed by atoms with Crippen molar-refractivity contribution in [1.82, 2.24) is 4.90 Å². The van der Waals surface area contributed by atoms with Gasteiger partial charge in [-0.25, -0.2) is 4.39 Å². The third-order valence-electron chi connectivity index (χ3n) is 7.13. The third kappa shape index (κ3) is 4.68. The van der Waals surface area contributed by atoms with E-state index in [0.29, 0.717) is 25.2 Å². The van der Waals surface area contributed by atoms with Crippen LogP contribution in [0.5, 0.6) is 0 Å². The zero-order chi connectivity index (χ0) is 22.8. The van der Waals surface area contributed by atoms with Gasteiger partial charge in [-0.05, 0) is 59.6 Å². The molecule has 4 nitrogen and oxygen atoms in total. The van der Waals surface area contributed by atoms with Gasteiger partial charge in [-0.15, -0.1) is 0 Å². The highest BCUT2D eigenvalue weighted by molar-refractivity contribution is 5.95. The maximum absolute atomic E-state index is 13.4. The molecule has 0 aromatic heterocycles. The number of benzene rings is 3. The highest BCUT2D eigenvalue weighted by atomic mass is 19.1. The van der Waals surface area contributed by atoms with E-state index < -0.39 is 0 Å². The van der Waals surface area contributed by atoms with Gasteiger partial charge in [0.25, 0.3) is 0 Å². The number of nitrogens with zero attached hydrogens (tertiary/aromatic N) is 1. The van der Waals surface area contributed by atoms with Crippen LogP contribution >= 0.6 is 0 Å². The highest BCUT2D eigenvalue weighted by Gasteiger charge is 2.58. The number of nitrogens with one attached hydrogen (secondary N) is 1. The number of hydrogen-bond acceptors (Lipinski definition) is 2. The monoisotopic (exact) mass is 442 g/mol. The fourth-order valence-corrected chi connectivity index (χ4v) is 5.00. The summed E-state index contributed by atoms with van der Waals surface area (Å²) < 4.78 is 13.4. The molecular formula is C28H27FN2O2. The molecule has 1 saturated carbocycles. The van der Waals surface area contributed by atoms with Gasteiger partial charge in [-0.2, -0.15) is 0 Å². The van der Waals surface area contributed by atoms with Crippen LogP contribution in [-0.2, 0) is 16.0 Å². The molecule has 5 heteroatoms. The molecule has 1 spiro atoms. The van der Waals surface area contributed by atoms with Gasteiger partial charge in [0.15, 0.2) is 0 Å². The maximum Gasteiger partial charge on any atom is 0.228 e. The first kappa shape index (κ1) is 21.4. The molecule has 2 aliphatic rings. The Hall–Kier alpha value is -3.47. The van der Waals surface area contributed by atoms with Crippen LogP contribution in [0.1, 0.15) is 24.8 Å². The van der Waals surface area contributed by atoms with Crippen molar-refractivity contribution in [3.8, 4) is 11.1 Å². The van der Waals surface area contributed by atoms with E-state index in [1.807, 2.05) is 35.2 Å². The van der Waals surface area contributed by atoms with Crippen molar-refractivity contribution in [1.29, 1.82) is 0 Å². The lowest BCUT2D eigenvalue weighted by molar-refractivity contribution is -0.132. The van der Waals surface area contributed by atoms with E-state index in [1.165, 1.54) is 12.1 Å². The fourth-order valence-electron chi connectivity index (χ4n) is 5.00. The number of hydrogen-bond donors (Lipinski definition) is 1. The van der Waals surface area contributed by atoms with Gasteiger partial charge in [0.2, 0.25) is 11.8 Å². The third-order valence-corrected chi connectivity index (χ3v) is 7.13. The Morgan fingerprint density at radius 2 is 1.61 bits per heavy atom. The van der Waals surface area contributed by atoms with Crippen LogP contribution in [0.3, 0.4) is 0 Å². The first-order valence-corrected chi connectivity index (χ1v) is 11.5. The Balaban J connectivity index is 1.12. The summed E-state index contributed by atoms with van der Waals surface area (Å²) in [5, 5.41) is 2.84. The van der Waals surface area contributed by atoms with Crippen molar-refractivity contribution in [3.05, 3.63) is 90.2 Å². The van der Waals surface area contributed by atoms with Gasteiger partial charge in [-0.3, -0.25) is 9.59 Å². The molecule has 2 fully saturated rings. The van der Waals surface area contributed by atoms with E-state index in [9.17, 15) is 14.0 Å². The summed E-state index contributed by atoms with van der Waals surface area (Å²) in [6, 6.07) is 24.4. The van der Waals surface area contributed by atoms with Gasteiger partial charge in [0.05, 0.1) is 6.42 Å². The smallest absolute Gasteiger partial charge is 0.228 e. The number of carbonyl (C=O) groups is 2.